The molecule has 1 aliphatic rings. The fourth-order valence-electron chi connectivity index (χ4n) is 3.63. The first kappa shape index (κ1) is 22.0. The van der Waals surface area contributed by atoms with Crippen molar-refractivity contribution >= 4 is 28.9 Å². The summed E-state index contributed by atoms with van der Waals surface area (Å²) in [6, 6.07) is 15.1. The quantitative estimate of drug-likeness (QED) is 0.516. The summed E-state index contributed by atoms with van der Waals surface area (Å²) in [5, 5.41) is 8.20. The molecule has 0 radical (unpaired) electrons. The third-order valence-electron chi connectivity index (χ3n) is 5.34. The molecule has 0 aliphatic carbocycles. The van der Waals surface area contributed by atoms with Gasteiger partial charge in [0.1, 0.15) is 6.54 Å². The van der Waals surface area contributed by atoms with Gasteiger partial charge in [0, 0.05) is 20.1 Å². The van der Waals surface area contributed by atoms with Gasteiger partial charge in [-0.15, -0.1) is 11.3 Å². The molecule has 1 aromatic carbocycles. The van der Waals surface area contributed by atoms with Crippen molar-refractivity contribution in [1.29, 1.82) is 0 Å². The lowest BCUT2D eigenvalue weighted by atomic mass is 10.00. The Labute approximate surface area is 190 Å². The first-order valence-corrected chi connectivity index (χ1v) is 11.3. The van der Waals surface area contributed by atoms with E-state index in [-0.39, 0.29) is 36.7 Å². The van der Waals surface area contributed by atoms with Gasteiger partial charge in [0.05, 0.1) is 29.5 Å². The van der Waals surface area contributed by atoms with Gasteiger partial charge in [-0.1, -0.05) is 35.9 Å². The second kappa shape index (κ2) is 9.93. The molecule has 0 N–H and O–H groups in total. The van der Waals surface area contributed by atoms with E-state index < -0.39 is 0 Å². The summed E-state index contributed by atoms with van der Waals surface area (Å²) in [5.74, 6) is -0.416. The van der Waals surface area contributed by atoms with Gasteiger partial charge in [-0.25, -0.2) is 5.01 Å². The van der Waals surface area contributed by atoms with E-state index in [0.29, 0.717) is 13.0 Å². The summed E-state index contributed by atoms with van der Waals surface area (Å²) in [6.45, 7) is 2.49. The number of methoxy groups -OCH3 is 1. The predicted molar refractivity (Wildman–Crippen MR) is 123 cm³/mol. The van der Waals surface area contributed by atoms with Crippen molar-refractivity contribution in [2.24, 2.45) is 5.10 Å². The van der Waals surface area contributed by atoms with Crippen LogP contribution >= 0.6 is 11.3 Å². The number of hydrogen-bond acceptors (Lipinski definition) is 6. The molecule has 2 aromatic heterocycles. The van der Waals surface area contributed by atoms with Crippen LogP contribution in [0.5, 0.6) is 0 Å². The van der Waals surface area contributed by atoms with Gasteiger partial charge in [-0.3, -0.25) is 9.59 Å². The summed E-state index contributed by atoms with van der Waals surface area (Å²) in [7, 11) is 1.56. The molecule has 2 amide bonds. The lowest BCUT2D eigenvalue weighted by Crippen LogP contribution is -2.42. The highest BCUT2D eigenvalue weighted by molar-refractivity contribution is 7.12. The second-order valence-electron chi connectivity index (χ2n) is 7.59. The Morgan fingerprint density at radius 1 is 1.22 bits per heavy atom. The lowest BCUT2D eigenvalue weighted by molar-refractivity contribution is -0.133. The molecule has 0 spiro atoms. The molecule has 166 valence electrons. The number of amides is 2. The van der Waals surface area contributed by atoms with Crippen molar-refractivity contribution in [1.82, 2.24) is 9.91 Å². The Kier molecular flexibility index (Phi) is 6.82. The molecular formula is C24H25N3O4S. The molecule has 3 heterocycles. The Bertz CT molecular complexity index is 1080. The maximum Gasteiger partial charge on any atom is 0.290 e. The highest BCUT2D eigenvalue weighted by Crippen LogP contribution is 2.34. The van der Waals surface area contributed by atoms with Crippen LogP contribution < -0.4 is 0 Å². The summed E-state index contributed by atoms with van der Waals surface area (Å²) in [4.78, 5) is 28.8. The van der Waals surface area contributed by atoms with Crippen molar-refractivity contribution < 1.29 is 18.7 Å². The molecule has 1 atom stereocenters. The first-order chi connectivity index (χ1) is 15.6. The fraction of sp³-hybridized carbons (Fsp3) is 0.292. The molecule has 8 heteroatoms. The monoisotopic (exact) mass is 451 g/mol. The molecule has 0 bridgehead atoms. The summed E-state index contributed by atoms with van der Waals surface area (Å²) in [5.41, 5.74) is 3.04. The summed E-state index contributed by atoms with van der Waals surface area (Å²) in [6.07, 6.45) is 2.06. The standard InChI is InChI=1S/C24H25N3O4S/c1-17-7-9-18(10-8-17)20-15-19(22-6-4-14-32-22)25-27(20)23(28)16-26(11-13-30-2)24(29)21-5-3-12-31-21/h3-10,12,14,20H,11,13,15-16H2,1-2H3/t20-/m0/s1. The molecule has 7 nitrogen and oxygen atoms in total. The second-order valence-corrected chi connectivity index (χ2v) is 8.54. The van der Waals surface area contributed by atoms with E-state index >= 15 is 0 Å². The van der Waals surface area contributed by atoms with Crippen molar-refractivity contribution in [2.45, 2.75) is 19.4 Å². The Morgan fingerprint density at radius 2 is 2.03 bits per heavy atom. The van der Waals surface area contributed by atoms with E-state index in [0.717, 1.165) is 21.7 Å². The average molecular weight is 452 g/mol. The van der Waals surface area contributed by atoms with Gasteiger partial charge in [0.25, 0.3) is 11.8 Å². The number of rotatable bonds is 8. The van der Waals surface area contributed by atoms with Gasteiger partial charge in [0.15, 0.2) is 5.76 Å². The topological polar surface area (TPSA) is 75.3 Å². The lowest BCUT2D eigenvalue weighted by Gasteiger charge is -2.26. The zero-order valence-electron chi connectivity index (χ0n) is 18.1. The minimum atomic E-state index is -0.353. The zero-order valence-corrected chi connectivity index (χ0v) is 18.9. The number of nitrogens with zero attached hydrogens (tertiary/aromatic N) is 3. The first-order valence-electron chi connectivity index (χ1n) is 10.4. The van der Waals surface area contributed by atoms with Crippen LogP contribution in [0.1, 0.15) is 39.0 Å². The maximum absolute atomic E-state index is 13.4. The van der Waals surface area contributed by atoms with Gasteiger partial charge in [-0.2, -0.15) is 5.10 Å². The van der Waals surface area contributed by atoms with Crippen LogP contribution in [0.3, 0.4) is 0 Å². The maximum atomic E-state index is 13.4. The molecule has 0 saturated heterocycles. The van der Waals surface area contributed by atoms with Crippen molar-refractivity contribution in [2.75, 3.05) is 26.8 Å². The highest BCUT2D eigenvalue weighted by Gasteiger charge is 2.35. The van der Waals surface area contributed by atoms with Crippen molar-refractivity contribution in [3.63, 3.8) is 0 Å². The van der Waals surface area contributed by atoms with Gasteiger partial charge in [0.2, 0.25) is 0 Å². The van der Waals surface area contributed by atoms with Crippen LogP contribution in [0.4, 0.5) is 0 Å². The highest BCUT2D eigenvalue weighted by atomic mass is 32.1. The number of aryl methyl sites for hydroxylation is 1. The number of benzene rings is 1. The minimum absolute atomic E-state index is 0.119. The van der Waals surface area contributed by atoms with E-state index in [1.54, 1.807) is 30.6 Å². The largest absolute Gasteiger partial charge is 0.459 e. The Balaban J connectivity index is 1.59. The van der Waals surface area contributed by atoms with Crippen LogP contribution in [-0.2, 0) is 9.53 Å². The van der Waals surface area contributed by atoms with E-state index in [2.05, 4.69) is 5.10 Å². The molecule has 32 heavy (non-hydrogen) atoms. The number of hydrogen-bond donors (Lipinski definition) is 0. The average Bonchev–Trinajstić information content (AvgIpc) is 3.57. The van der Waals surface area contributed by atoms with Crippen LogP contribution in [-0.4, -0.2) is 54.2 Å². The number of hydrazone groups is 1. The molecule has 0 fully saturated rings. The number of thiophene rings is 1. The third-order valence-corrected chi connectivity index (χ3v) is 6.26. The molecule has 1 aliphatic heterocycles. The normalized spacial score (nSPS) is 15.6. The fourth-order valence-corrected chi connectivity index (χ4v) is 4.35. The summed E-state index contributed by atoms with van der Waals surface area (Å²) >= 11 is 1.60. The number of ether oxygens (including phenoxy) is 1. The van der Waals surface area contributed by atoms with Crippen molar-refractivity contribution in [3.05, 3.63) is 81.9 Å². The predicted octanol–water partition coefficient (Wildman–Crippen LogP) is 4.12. The molecule has 3 aromatic rings. The molecule has 0 saturated carbocycles. The number of carbonyl (C=O) groups excluding carboxylic acids is 2. The molecule has 0 unspecified atom stereocenters. The minimum Gasteiger partial charge on any atom is -0.459 e. The Morgan fingerprint density at radius 3 is 2.69 bits per heavy atom. The van der Waals surface area contributed by atoms with E-state index in [1.807, 2.05) is 48.7 Å². The summed E-state index contributed by atoms with van der Waals surface area (Å²) < 4.78 is 10.4. The van der Waals surface area contributed by atoms with E-state index in [1.165, 1.54) is 16.2 Å². The van der Waals surface area contributed by atoms with Gasteiger partial charge in [-0.05, 0) is 36.1 Å². The van der Waals surface area contributed by atoms with Crippen LogP contribution in [0, 0.1) is 6.92 Å². The molecular weight excluding hydrogens is 426 g/mol. The van der Waals surface area contributed by atoms with Gasteiger partial charge < -0.3 is 14.1 Å². The van der Waals surface area contributed by atoms with Gasteiger partial charge >= 0.3 is 0 Å². The van der Waals surface area contributed by atoms with E-state index in [9.17, 15) is 9.59 Å². The van der Waals surface area contributed by atoms with Crippen molar-refractivity contribution in [3.8, 4) is 0 Å². The van der Waals surface area contributed by atoms with Crippen LogP contribution in [0.25, 0.3) is 0 Å². The molecule has 4 rings (SSSR count). The SMILES string of the molecule is COCCN(CC(=O)N1N=C(c2cccs2)C[C@H]1c1ccc(C)cc1)C(=O)c1ccco1. The third kappa shape index (κ3) is 4.81. The smallest absolute Gasteiger partial charge is 0.290 e. The van der Waals surface area contributed by atoms with Crippen LogP contribution in [0.15, 0.2) is 69.7 Å². The number of carbonyl (C=O) groups is 2. The van der Waals surface area contributed by atoms with E-state index in [4.69, 9.17) is 9.15 Å². The van der Waals surface area contributed by atoms with Crippen LogP contribution in [0.2, 0.25) is 0 Å². The number of furan rings is 1. The Hall–Kier alpha value is -3.23. The zero-order chi connectivity index (χ0) is 22.5.